The van der Waals surface area contributed by atoms with Crippen molar-refractivity contribution in [1.82, 2.24) is 4.90 Å². The van der Waals surface area contributed by atoms with Gasteiger partial charge in [-0.15, -0.1) is 0 Å². The second-order valence-electron chi connectivity index (χ2n) is 8.26. The maximum absolute atomic E-state index is 13.4. The topological polar surface area (TPSA) is 86.4 Å². The Labute approximate surface area is 175 Å². The number of methoxy groups -OCH3 is 1. The highest BCUT2D eigenvalue weighted by atomic mass is 16.5. The summed E-state index contributed by atoms with van der Waals surface area (Å²) in [5, 5.41) is 0. The van der Waals surface area contributed by atoms with Gasteiger partial charge in [-0.05, 0) is 48.2 Å². The lowest BCUT2D eigenvalue weighted by Gasteiger charge is -2.46. The first-order valence-corrected chi connectivity index (χ1v) is 10.2. The highest BCUT2D eigenvalue weighted by Gasteiger charge is 2.58. The zero-order valence-corrected chi connectivity index (χ0v) is 17.2. The van der Waals surface area contributed by atoms with Crippen LogP contribution >= 0.6 is 0 Å². The molecule has 7 heteroatoms. The van der Waals surface area contributed by atoms with Crippen LogP contribution in [0.2, 0.25) is 0 Å². The minimum Gasteiger partial charge on any atom is -0.497 e. The number of benzene rings is 2. The quantitative estimate of drug-likeness (QED) is 0.827. The monoisotopic (exact) mass is 407 g/mol. The molecule has 1 amide bonds. The lowest BCUT2D eigenvalue weighted by Crippen LogP contribution is -2.55. The van der Waals surface area contributed by atoms with E-state index in [0.29, 0.717) is 25.4 Å². The molecule has 3 aliphatic heterocycles. The first-order chi connectivity index (χ1) is 14.5. The van der Waals surface area contributed by atoms with Crippen LogP contribution in [0.3, 0.4) is 0 Å². The van der Waals surface area contributed by atoms with Gasteiger partial charge in [0.1, 0.15) is 17.1 Å². The number of hydrogen-bond acceptors (Lipinski definition) is 6. The van der Waals surface area contributed by atoms with E-state index in [1.165, 1.54) is 4.90 Å². The van der Waals surface area contributed by atoms with E-state index < -0.39 is 11.1 Å². The molecule has 2 spiro atoms. The largest absolute Gasteiger partial charge is 0.497 e. The second-order valence-corrected chi connectivity index (χ2v) is 8.26. The Bertz CT molecular complexity index is 1040. The van der Waals surface area contributed by atoms with Crippen molar-refractivity contribution < 1.29 is 19.0 Å². The van der Waals surface area contributed by atoms with E-state index in [1.54, 1.807) is 14.2 Å². The summed E-state index contributed by atoms with van der Waals surface area (Å²) in [6.07, 6.45) is 2.12. The highest BCUT2D eigenvalue weighted by molar-refractivity contribution is 6.07. The van der Waals surface area contributed by atoms with E-state index in [9.17, 15) is 4.79 Å². The summed E-state index contributed by atoms with van der Waals surface area (Å²) in [6.45, 7) is 1.15. The van der Waals surface area contributed by atoms with Crippen LogP contribution in [0.15, 0.2) is 47.5 Å². The molecular formula is C23H25N3O4. The van der Waals surface area contributed by atoms with Crippen LogP contribution in [-0.4, -0.2) is 49.7 Å². The van der Waals surface area contributed by atoms with Crippen molar-refractivity contribution in [3.05, 3.63) is 48.0 Å². The molecule has 1 fully saturated rings. The van der Waals surface area contributed by atoms with Crippen molar-refractivity contribution in [3.8, 4) is 22.6 Å². The molecule has 2 aromatic carbocycles. The lowest BCUT2D eigenvalue weighted by molar-refractivity contribution is -0.139. The van der Waals surface area contributed by atoms with Gasteiger partial charge in [0.15, 0.2) is 11.5 Å². The molecule has 5 rings (SSSR count). The molecular weight excluding hydrogens is 382 g/mol. The number of rotatable bonds is 2. The van der Waals surface area contributed by atoms with E-state index >= 15 is 0 Å². The molecule has 30 heavy (non-hydrogen) atoms. The summed E-state index contributed by atoms with van der Waals surface area (Å²) in [7, 11) is 3.31. The zero-order chi connectivity index (χ0) is 20.9. The van der Waals surface area contributed by atoms with E-state index in [0.717, 1.165) is 35.3 Å². The van der Waals surface area contributed by atoms with Gasteiger partial charge in [-0.3, -0.25) is 9.69 Å². The standard InChI is InChI=1S/C23H25N3O4/c1-26-20(27)23(25-21(26)24)13-22(9-4-10-29-14-22)30-19-8-7-16(12-18(19)23)15-5-3-6-17(11-15)28-2/h3,5-8,11-12H,4,9-10,13-14H2,1-2H3,(H2,24,25)/t22-,23+/m1/s1. The van der Waals surface area contributed by atoms with Gasteiger partial charge in [0.05, 0.1) is 13.7 Å². The molecule has 2 aromatic rings. The second kappa shape index (κ2) is 6.74. The average Bonchev–Trinajstić information content (AvgIpc) is 2.98. The number of ether oxygens (including phenoxy) is 3. The number of amides is 1. The fraction of sp³-hybridized carbons (Fsp3) is 0.391. The van der Waals surface area contributed by atoms with Gasteiger partial charge in [0.25, 0.3) is 5.91 Å². The van der Waals surface area contributed by atoms with Gasteiger partial charge in [-0.2, -0.15) is 0 Å². The smallest absolute Gasteiger partial charge is 0.261 e. The number of nitrogens with zero attached hydrogens (tertiary/aromatic N) is 2. The Balaban J connectivity index is 1.67. The van der Waals surface area contributed by atoms with Crippen LogP contribution in [0, 0.1) is 0 Å². The van der Waals surface area contributed by atoms with E-state index in [4.69, 9.17) is 24.9 Å². The molecule has 0 bridgehead atoms. The number of carbonyl (C=O) groups is 1. The Kier molecular flexibility index (Phi) is 4.25. The summed E-state index contributed by atoms with van der Waals surface area (Å²) in [4.78, 5) is 19.6. The number of carbonyl (C=O) groups excluding carboxylic acids is 1. The molecule has 1 saturated heterocycles. The zero-order valence-electron chi connectivity index (χ0n) is 17.2. The van der Waals surface area contributed by atoms with Crippen LogP contribution in [0.1, 0.15) is 24.8 Å². The number of likely N-dealkylation sites (N-methyl/N-ethyl adjacent to an activating group) is 1. The molecule has 3 aliphatic rings. The third-order valence-corrected chi connectivity index (χ3v) is 6.33. The van der Waals surface area contributed by atoms with E-state index in [-0.39, 0.29) is 11.9 Å². The Morgan fingerprint density at radius 2 is 2.03 bits per heavy atom. The third kappa shape index (κ3) is 2.76. The molecule has 0 unspecified atom stereocenters. The summed E-state index contributed by atoms with van der Waals surface area (Å²) in [5.74, 6) is 1.54. The van der Waals surface area contributed by atoms with Crippen LogP contribution in [0.4, 0.5) is 0 Å². The van der Waals surface area contributed by atoms with Crippen molar-refractivity contribution in [2.24, 2.45) is 10.7 Å². The Hall–Kier alpha value is -3.06. The van der Waals surface area contributed by atoms with Gasteiger partial charge >= 0.3 is 0 Å². The molecule has 0 aliphatic carbocycles. The van der Waals surface area contributed by atoms with Crippen LogP contribution < -0.4 is 15.2 Å². The molecule has 0 saturated carbocycles. The van der Waals surface area contributed by atoms with Crippen molar-refractivity contribution >= 4 is 11.9 Å². The summed E-state index contributed by atoms with van der Waals surface area (Å²) >= 11 is 0. The SMILES string of the molecule is COc1cccc(-c2ccc3c(c2)[C@]2(C[C@@]4(CCCOC4)O3)N=C(N)N(C)C2=O)c1. The molecule has 3 heterocycles. The fourth-order valence-electron chi connectivity index (χ4n) is 4.79. The van der Waals surface area contributed by atoms with Crippen molar-refractivity contribution in [3.63, 3.8) is 0 Å². The number of fused-ring (bicyclic) bond motifs is 2. The molecule has 156 valence electrons. The summed E-state index contributed by atoms with van der Waals surface area (Å²) < 4.78 is 17.6. The van der Waals surface area contributed by atoms with Gasteiger partial charge in [0, 0.05) is 25.6 Å². The Morgan fingerprint density at radius 3 is 2.73 bits per heavy atom. The molecule has 7 nitrogen and oxygen atoms in total. The minimum atomic E-state index is -1.10. The van der Waals surface area contributed by atoms with Crippen LogP contribution in [-0.2, 0) is 15.1 Å². The lowest BCUT2D eigenvalue weighted by atomic mass is 9.74. The molecule has 2 atom stereocenters. The van der Waals surface area contributed by atoms with E-state index in [2.05, 4.69) is 0 Å². The molecule has 2 N–H and O–H groups in total. The molecule has 0 aromatic heterocycles. The maximum atomic E-state index is 13.4. The number of guanidine groups is 1. The van der Waals surface area contributed by atoms with Crippen LogP contribution in [0.5, 0.6) is 11.5 Å². The van der Waals surface area contributed by atoms with Gasteiger partial charge in [-0.1, -0.05) is 18.2 Å². The fourth-order valence-corrected chi connectivity index (χ4v) is 4.79. The average molecular weight is 407 g/mol. The normalized spacial score (nSPS) is 27.7. The predicted molar refractivity (Wildman–Crippen MR) is 113 cm³/mol. The first kappa shape index (κ1) is 18.9. The predicted octanol–water partition coefficient (Wildman–Crippen LogP) is 2.68. The summed E-state index contributed by atoms with van der Waals surface area (Å²) in [6, 6.07) is 13.7. The third-order valence-electron chi connectivity index (χ3n) is 6.33. The van der Waals surface area contributed by atoms with Gasteiger partial charge < -0.3 is 19.9 Å². The summed E-state index contributed by atoms with van der Waals surface area (Å²) in [5.41, 5.74) is 7.13. The molecule has 0 radical (unpaired) electrons. The van der Waals surface area contributed by atoms with E-state index in [1.807, 2.05) is 42.5 Å². The Morgan fingerprint density at radius 1 is 1.20 bits per heavy atom. The highest BCUT2D eigenvalue weighted by Crippen LogP contribution is 2.51. The maximum Gasteiger partial charge on any atom is 0.261 e. The number of nitrogens with two attached hydrogens (primary N) is 1. The van der Waals surface area contributed by atoms with Gasteiger partial charge in [0.2, 0.25) is 0 Å². The van der Waals surface area contributed by atoms with Gasteiger partial charge in [-0.25, -0.2) is 4.99 Å². The van der Waals surface area contributed by atoms with Crippen molar-refractivity contribution in [2.75, 3.05) is 27.4 Å². The van der Waals surface area contributed by atoms with Crippen molar-refractivity contribution in [1.29, 1.82) is 0 Å². The van der Waals surface area contributed by atoms with Crippen LogP contribution in [0.25, 0.3) is 11.1 Å². The minimum absolute atomic E-state index is 0.128. The number of hydrogen-bond donors (Lipinski definition) is 1. The van der Waals surface area contributed by atoms with Crippen molar-refractivity contribution in [2.45, 2.75) is 30.4 Å². The number of aliphatic imine (C=N–C) groups is 1. The first-order valence-electron chi connectivity index (χ1n) is 10.2.